The summed E-state index contributed by atoms with van der Waals surface area (Å²) in [5.74, 6) is -1.37. The molecule has 0 fully saturated rings. The van der Waals surface area contributed by atoms with Gasteiger partial charge in [-0.1, -0.05) is 23.5 Å². The van der Waals surface area contributed by atoms with Crippen LogP contribution in [0.2, 0.25) is 0 Å². The van der Waals surface area contributed by atoms with Gasteiger partial charge < -0.3 is 10.4 Å². The molecule has 3 aromatic rings. The molecule has 4 rings (SSSR count). The van der Waals surface area contributed by atoms with Crippen molar-refractivity contribution in [3.8, 4) is 10.4 Å². The molecule has 1 aliphatic heterocycles. The van der Waals surface area contributed by atoms with E-state index < -0.39 is 16.0 Å². The first-order valence-electron chi connectivity index (χ1n) is 9.91. The van der Waals surface area contributed by atoms with Crippen molar-refractivity contribution in [3.05, 3.63) is 59.3 Å². The molecule has 1 aromatic heterocycles. The van der Waals surface area contributed by atoms with E-state index in [2.05, 4.69) is 10.3 Å². The summed E-state index contributed by atoms with van der Waals surface area (Å²) in [6, 6.07) is 11.0. The molecule has 2 heterocycles. The number of aryl methyl sites for hydroxylation is 2. The summed E-state index contributed by atoms with van der Waals surface area (Å²) in [4.78, 5) is 27.9. The number of sulfonamides is 1. The molecule has 32 heavy (non-hydrogen) atoms. The Bertz CT molecular complexity index is 1330. The van der Waals surface area contributed by atoms with Crippen LogP contribution >= 0.6 is 11.3 Å². The zero-order chi connectivity index (χ0) is 23.0. The molecule has 0 unspecified atom stereocenters. The van der Waals surface area contributed by atoms with Crippen LogP contribution < -0.4 is 9.62 Å². The van der Waals surface area contributed by atoms with Crippen LogP contribution in [0, 0.1) is 6.92 Å². The number of benzene rings is 2. The quantitative estimate of drug-likeness (QED) is 0.583. The number of rotatable bonds is 5. The van der Waals surface area contributed by atoms with Crippen molar-refractivity contribution in [3.63, 3.8) is 0 Å². The number of thiazole rings is 1. The molecular formula is C22H21N3O5S2. The predicted molar refractivity (Wildman–Crippen MR) is 123 cm³/mol. The highest BCUT2D eigenvalue weighted by Crippen LogP contribution is 2.38. The summed E-state index contributed by atoms with van der Waals surface area (Å²) in [6.07, 6.45) is 1.37. The Morgan fingerprint density at radius 3 is 2.69 bits per heavy atom. The topological polar surface area (TPSA) is 117 Å². The smallest absolute Gasteiger partial charge is 0.335 e. The Balaban J connectivity index is 1.71. The number of aromatic carboxylic acids is 1. The van der Waals surface area contributed by atoms with Crippen LogP contribution in [0.15, 0.2) is 47.4 Å². The number of fused-ring (bicyclic) bond motifs is 1. The summed E-state index contributed by atoms with van der Waals surface area (Å²) in [7, 11) is -3.91. The molecule has 0 aliphatic carbocycles. The van der Waals surface area contributed by atoms with E-state index in [1.54, 1.807) is 6.07 Å². The fraction of sp³-hybridized carbons (Fsp3) is 0.227. The largest absolute Gasteiger partial charge is 0.478 e. The number of carbonyl (C=O) groups excluding carboxylic acids is 1. The highest BCUT2D eigenvalue weighted by molar-refractivity contribution is 7.92. The van der Waals surface area contributed by atoms with Gasteiger partial charge in [0, 0.05) is 13.5 Å². The van der Waals surface area contributed by atoms with Crippen molar-refractivity contribution >= 4 is 44.1 Å². The van der Waals surface area contributed by atoms with Crippen molar-refractivity contribution in [2.24, 2.45) is 0 Å². The van der Waals surface area contributed by atoms with E-state index in [-0.39, 0.29) is 16.4 Å². The Labute approximate surface area is 189 Å². The third-order valence-corrected chi connectivity index (χ3v) is 8.10. The molecule has 0 saturated heterocycles. The lowest BCUT2D eigenvalue weighted by Crippen LogP contribution is -2.35. The summed E-state index contributed by atoms with van der Waals surface area (Å²) >= 11 is 1.37. The zero-order valence-corrected chi connectivity index (χ0v) is 19.1. The van der Waals surface area contributed by atoms with E-state index in [4.69, 9.17) is 0 Å². The first-order chi connectivity index (χ1) is 15.2. The molecule has 1 amide bonds. The molecule has 0 atom stereocenters. The molecule has 0 bridgehead atoms. The number of hydrogen-bond acceptors (Lipinski definition) is 6. The van der Waals surface area contributed by atoms with Crippen LogP contribution in [-0.4, -0.2) is 36.9 Å². The SMILES string of the molecule is CC(=O)Nc1nc(C)c(-c2ccc3c(c2)CCCN3S(=O)(=O)c2cccc(C(=O)O)c2)s1. The number of anilines is 2. The number of nitrogens with zero attached hydrogens (tertiary/aromatic N) is 2. The van der Waals surface area contributed by atoms with Gasteiger partial charge in [-0.05, 0) is 61.2 Å². The van der Waals surface area contributed by atoms with Gasteiger partial charge in [-0.2, -0.15) is 0 Å². The van der Waals surface area contributed by atoms with Crippen LogP contribution in [0.3, 0.4) is 0 Å². The average Bonchev–Trinajstić information content (AvgIpc) is 3.12. The standard InChI is InChI=1S/C22H21N3O5S2/c1-13-20(31-22(23-13)24-14(2)26)16-8-9-19-15(11-16)6-4-10-25(19)32(29,30)18-7-3-5-17(12-18)21(27)28/h3,5,7-9,11-12H,4,6,10H2,1-2H3,(H,27,28)(H,23,24,26). The highest BCUT2D eigenvalue weighted by Gasteiger charge is 2.30. The molecule has 166 valence electrons. The van der Waals surface area contributed by atoms with E-state index in [9.17, 15) is 23.1 Å². The van der Waals surface area contributed by atoms with Crippen molar-refractivity contribution in [1.82, 2.24) is 4.98 Å². The van der Waals surface area contributed by atoms with Gasteiger partial charge in [0.15, 0.2) is 5.13 Å². The van der Waals surface area contributed by atoms with Crippen LogP contribution in [0.1, 0.15) is 35.0 Å². The number of carbonyl (C=O) groups is 2. The van der Waals surface area contributed by atoms with Gasteiger partial charge in [0.1, 0.15) is 0 Å². The van der Waals surface area contributed by atoms with Crippen molar-refractivity contribution in [2.75, 3.05) is 16.2 Å². The summed E-state index contributed by atoms with van der Waals surface area (Å²) < 4.78 is 28.0. The maximum Gasteiger partial charge on any atom is 0.335 e. The number of aromatic nitrogens is 1. The first kappa shape index (κ1) is 22.0. The van der Waals surface area contributed by atoms with Crippen LogP contribution in [0.25, 0.3) is 10.4 Å². The van der Waals surface area contributed by atoms with E-state index in [1.807, 2.05) is 19.1 Å². The van der Waals surface area contributed by atoms with E-state index in [0.29, 0.717) is 23.8 Å². The second-order valence-electron chi connectivity index (χ2n) is 7.47. The molecule has 2 N–H and O–H groups in total. The molecule has 0 radical (unpaired) electrons. The predicted octanol–water partition coefficient (Wildman–Crippen LogP) is 3.92. The Hall–Kier alpha value is -3.24. The third kappa shape index (κ3) is 4.11. The lowest BCUT2D eigenvalue weighted by molar-refractivity contribution is -0.114. The summed E-state index contributed by atoms with van der Waals surface area (Å²) in [5, 5.41) is 12.4. The second kappa shape index (κ2) is 8.36. The molecule has 8 nitrogen and oxygen atoms in total. The molecule has 1 aliphatic rings. The van der Waals surface area contributed by atoms with Crippen LogP contribution in [0.5, 0.6) is 0 Å². The van der Waals surface area contributed by atoms with Crippen molar-refractivity contribution in [1.29, 1.82) is 0 Å². The Morgan fingerprint density at radius 1 is 1.19 bits per heavy atom. The minimum atomic E-state index is -3.91. The number of carboxylic acids is 1. The number of hydrogen-bond donors (Lipinski definition) is 2. The van der Waals surface area contributed by atoms with Crippen LogP contribution in [0.4, 0.5) is 10.8 Å². The number of carboxylic acid groups (broad SMARTS) is 1. The van der Waals surface area contributed by atoms with Gasteiger partial charge in [-0.25, -0.2) is 18.2 Å². The highest BCUT2D eigenvalue weighted by atomic mass is 32.2. The zero-order valence-electron chi connectivity index (χ0n) is 17.5. The van der Waals surface area contributed by atoms with Gasteiger partial charge in [-0.15, -0.1) is 0 Å². The van der Waals surface area contributed by atoms with E-state index in [1.165, 1.54) is 46.8 Å². The minimum Gasteiger partial charge on any atom is -0.478 e. The average molecular weight is 472 g/mol. The molecule has 0 spiro atoms. The van der Waals surface area contributed by atoms with Crippen molar-refractivity contribution < 1.29 is 23.1 Å². The maximum atomic E-state index is 13.3. The summed E-state index contributed by atoms with van der Waals surface area (Å²) in [6.45, 7) is 3.61. The van der Waals surface area contributed by atoms with Gasteiger partial charge in [-0.3, -0.25) is 9.10 Å². The minimum absolute atomic E-state index is 0.0485. The van der Waals surface area contributed by atoms with Gasteiger partial charge in [0.25, 0.3) is 10.0 Å². The van der Waals surface area contributed by atoms with Gasteiger partial charge in [0.2, 0.25) is 5.91 Å². The van der Waals surface area contributed by atoms with Crippen LogP contribution in [-0.2, 0) is 21.2 Å². The normalized spacial score (nSPS) is 13.5. The maximum absolute atomic E-state index is 13.3. The van der Waals surface area contributed by atoms with Crippen molar-refractivity contribution in [2.45, 2.75) is 31.6 Å². The second-order valence-corrected chi connectivity index (χ2v) is 10.3. The molecule has 0 saturated carbocycles. The Morgan fingerprint density at radius 2 is 1.97 bits per heavy atom. The fourth-order valence-electron chi connectivity index (χ4n) is 3.74. The summed E-state index contributed by atoms with van der Waals surface area (Å²) in [5.41, 5.74) is 3.09. The first-order valence-corrected chi connectivity index (χ1v) is 12.2. The van der Waals surface area contributed by atoms with Gasteiger partial charge in [0.05, 0.1) is 26.7 Å². The van der Waals surface area contributed by atoms with E-state index in [0.717, 1.165) is 28.1 Å². The molecule has 10 heteroatoms. The van der Waals surface area contributed by atoms with Gasteiger partial charge >= 0.3 is 5.97 Å². The monoisotopic (exact) mass is 471 g/mol. The lowest BCUT2D eigenvalue weighted by atomic mass is 10.00. The third-order valence-electron chi connectivity index (χ3n) is 5.17. The molecular weight excluding hydrogens is 450 g/mol. The fourth-order valence-corrected chi connectivity index (χ4v) is 6.33. The lowest BCUT2D eigenvalue weighted by Gasteiger charge is -2.31. The van der Waals surface area contributed by atoms with E-state index >= 15 is 0 Å². The molecule has 2 aromatic carbocycles. The number of amides is 1. The Kier molecular flexibility index (Phi) is 5.74. The number of nitrogens with one attached hydrogen (secondary N) is 1.